The van der Waals surface area contributed by atoms with Crippen molar-refractivity contribution < 1.29 is 9.59 Å². The molecule has 0 saturated carbocycles. The monoisotopic (exact) mass is 370 g/mol. The van der Waals surface area contributed by atoms with Gasteiger partial charge in [-0.3, -0.25) is 14.6 Å². The molecule has 2 amide bonds. The zero-order valence-corrected chi connectivity index (χ0v) is 15.4. The molecule has 4 rings (SSSR count). The second-order valence-electron chi connectivity index (χ2n) is 6.83. The summed E-state index contributed by atoms with van der Waals surface area (Å²) >= 11 is 0. The van der Waals surface area contributed by atoms with Gasteiger partial charge in [0.05, 0.1) is 22.3 Å². The number of carbonyl (C=O) groups excluding carboxylic acids is 2. The highest BCUT2D eigenvalue weighted by Gasteiger charge is 2.34. The molecule has 28 heavy (non-hydrogen) atoms. The molecule has 0 radical (unpaired) electrons. The Morgan fingerprint density at radius 3 is 2.75 bits per heavy atom. The molecular formula is C22H18N4O2. The number of piperazine rings is 1. The molecule has 2 heterocycles. The van der Waals surface area contributed by atoms with Gasteiger partial charge in [-0.1, -0.05) is 30.3 Å². The number of amides is 2. The van der Waals surface area contributed by atoms with Gasteiger partial charge in [0.15, 0.2) is 0 Å². The zero-order chi connectivity index (χ0) is 19.7. The number of hydrogen-bond donors (Lipinski definition) is 0. The molecule has 138 valence electrons. The van der Waals surface area contributed by atoms with Gasteiger partial charge in [0.1, 0.15) is 12.6 Å². The van der Waals surface area contributed by atoms with Crippen molar-refractivity contribution in [3.05, 3.63) is 71.9 Å². The highest BCUT2D eigenvalue weighted by atomic mass is 16.2. The second-order valence-corrected chi connectivity index (χ2v) is 6.83. The Morgan fingerprint density at radius 2 is 1.93 bits per heavy atom. The van der Waals surface area contributed by atoms with Crippen molar-refractivity contribution in [3.63, 3.8) is 0 Å². The summed E-state index contributed by atoms with van der Waals surface area (Å²) in [5.41, 5.74) is 2.31. The van der Waals surface area contributed by atoms with Gasteiger partial charge in [0, 0.05) is 24.2 Å². The van der Waals surface area contributed by atoms with Crippen LogP contribution in [0.2, 0.25) is 0 Å². The van der Waals surface area contributed by atoms with Crippen LogP contribution in [-0.2, 0) is 4.79 Å². The number of benzene rings is 2. The first-order valence-corrected chi connectivity index (χ1v) is 9.04. The predicted octanol–water partition coefficient (Wildman–Crippen LogP) is 2.98. The first-order valence-electron chi connectivity index (χ1n) is 9.04. The van der Waals surface area contributed by atoms with Crippen LogP contribution in [0.25, 0.3) is 10.9 Å². The van der Waals surface area contributed by atoms with E-state index in [0.29, 0.717) is 23.4 Å². The number of nitriles is 1. The van der Waals surface area contributed by atoms with Crippen molar-refractivity contribution in [3.8, 4) is 6.07 Å². The zero-order valence-electron chi connectivity index (χ0n) is 15.4. The highest BCUT2D eigenvalue weighted by molar-refractivity contribution is 6.03. The van der Waals surface area contributed by atoms with E-state index in [4.69, 9.17) is 0 Å². The lowest BCUT2D eigenvalue weighted by molar-refractivity contribution is -0.121. The van der Waals surface area contributed by atoms with Crippen molar-refractivity contribution in [1.29, 1.82) is 5.26 Å². The van der Waals surface area contributed by atoms with Crippen LogP contribution in [-0.4, -0.2) is 40.8 Å². The summed E-state index contributed by atoms with van der Waals surface area (Å²) in [5, 5.41) is 10.2. The summed E-state index contributed by atoms with van der Waals surface area (Å²) in [6.45, 7) is 2.21. The van der Waals surface area contributed by atoms with E-state index in [1.165, 1.54) is 0 Å². The number of fused-ring (bicyclic) bond motifs is 1. The third-order valence-electron chi connectivity index (χ3n) is 5.00. The fraction of sp³-hybridized carbons (Fsp3) is 0.182. The summed E-state index contributed by atoms with van der Waals surface area (Å²) in [6, 6.07) is 18.3. The molecule has 6 nitrogen and oxygen atoms in total. The van der Waals surface area contributed by atoms with Crippen LogP contribution in [0.5, 0.6) is 0 Å². The third-order valence-corrected chi connectivity index (χ3v) is 5.00. The maximum Gasteiger partial charge on any atom is 0.256 e. The van der Waals surface area contributed by atoms with Gasteiger partial charge in [0.2, 0.25) is 5.91 Å². The molecule has 1 atom stereocenters. The van der Waals surface area contributed by atoms with E-state index in [-0.39, 0.29) is 24.4 Å². The van der Waals surface area contributed by atoms with Crippen LogP contribution in [0.4, 0.5) is 5.69 Å². The molecule has 3 aromatic rings. The van der Waals surface area contributed by atoms with E-state index in [1.54, 1.807) is 46.3 Å². The van der Waals surface area contributed by atoms with Crippen molar-refractivity contribution in [2.45, 2.75) is 13.0 Å². The standard InChI is InChI=1S/C22H18N4O2/c1-15-13-26(20-9-5-3-7-17(20)11-23)21(27)14-25(15)22(28)18-10-16-6-2-4-8-19(16)24-12-18/h2-10,12,15H,13-14H2,1H3/t15-/m0/s1. The van der Waals surface area contributed by atoms with Gasteiger partial charge < -0.3 is 9.80 Å². The Morgan fingerprint density at radius 1 is 1.18 bits per heavy atom. The molecule has 1 fully saturated rings. The van der Waals surface area contributed by atoms with E-state index in [2.05, 4.69) is 11.1 Å². The smallest absolute Gasteiger partial charge is 0.256 e. The first kappa shape index (κ1) is 17.7. The maximum atomic E-state index is 13.0. The summed E-state index contributed by atoms with van der Waals surface area (Å²) in [4.78, 5) is 33.3. The van der Waals surface area contributed by atoms with Crippen molar-refractivity contribution in [2.24, 2.45) is 0 Å². The molecule has 1 saturated heterocycles. The number of hydrogen-bond acceptors (Lipinski definition) is 4. The topological polar surface area (TPSA) is 77.3 Å². The van der Waals surface area contributed by atoms with Crippen molar-refractivity contribution in [2.75, 3.05) is 18.0 Å². The second kappa shape index (κ2) is 7.12. The minimum atomic E-state index is -0.215. The van der Waals surface area contributed by atoms with Crippen LogP contribution in [0.15, 0.2) is 60.8 Å². The number of pyridine rings is 1. The average Bonchev–Trinajstić information content (AvgIpc) is 2.74. The van der Waals surface area contributed by atoms with Gasteiger partial charge in [-0.25, -0.2) is 0 Å². The van der Waals surface area contributed by atoms with E-state index in [9.17, 15) is 14.9 Å². The lowest BCUT2D eigenvalue weighted by Gasteiger charge is -2.39. The molecule has 6 heteroatoms. The number of carbonyl (C=O) groups is 2. The molecule has 0 aliphatic carbocycles. The summed E-state index contributed by atoms with van der Waals surface area (Å²) in [7, 11) is 0. The number of rotatable bonds is 2. The summed E-state index contributed by atoms with van der Waals surface area (Å²) < 4.78 is 0. The van der Waals surface area contributed by atoms with E-state index >= 15 is 0 Å². The Hall–Kier alpha value is -3.72. The highest BCUT2D eigenvalue weighted by Crippen LogP contribution is 2.25. The molecular weight excluding hydrogens is 352 g/mol. The molecule has 0 N–H and O–H groups in total. The number of para-hydroxylation sites is 2. The average molecular weight is 370 g/mol. The molecule has 2 aromatic carbocycles. The maximum absolute atomic E-state index is 13.0. The van der Waals surface area contributed by atoms with Crippen LogP contribution in [0.3, 0.4) is 0 Å². The van der Waals surface area contributed by atoms with Crippen LogP contribution in [0.1, 0.15) is 22.8 Å². The minimum absolute atomic E-state index is 0.0351. The van der Waals surface area contributed by atoms with E-state index < -0.39 is 0 Å². The Balaban J connectivity index is 1.59. The molecule has 0 spiro atoms. The van der Waals surface area contributed by atoms with Crippen LogP contribution >= 0.6 is 0 Å². The van der Waals surface area contributed by atoms with Crippen LogP contribution in [0, 0.1) is 11.3 Å². The van der Waals surface area contributed by atoms with E-state index in [1.807, 2.05) is 31.2 Å². The first-order chi connectivity index (χ1) is 13.6. The fourth-order valence-electron chi connectivity index (χ4n) is 3.51. The molecule has 0 bridgehead atoms. The number of anilines is 1. The molecule has 0 unspecified atom stereocenters. The van der Waals surface area contributed by atoms with Crippen molar-refractivity contribution in [1.82, 2.24) is 9.88 Å². The summed E-state index contributed by atoms with van der Waals surface area (Å²) in [5.74, 6) is -0.421. The molecule has 1 aliphatic heterocycles. The Kier molecular flexibility index (Phi) is 4.50. The van der Waals surface area contributed by atoms with Gasteiger partial charge >= 0.3 is 0 Å². The van der Waals surface area contributed by atoms with E-state index in [0.717, 1.165) is 10.9 Å². The van der Waals surface area contributed by atoms with Gasteiger partial charge in [0.25, 0.3) is 5.91 Å². The third kappa shape index (κ3) is 3.08. The lowest BCUT2D eigenvalue weighted by Crippen LogP contribution is -2.57. The number of aromatic nitrogens is 1. The molecule has 1 aliphatic rings. The van der Waals surface area contributed by atoms with Gasteiger partial charge in [-0.15, -0.1) is 0 Å². The lowest BCUT2D eigenvalue weighted by atomic mass is 10.1. The quantitative estimate of drug-likeness (QED) is 0.695. The Bertz CT molecular complexity index is 1120. The molecule has 1 aromatic heterocycles. The van der Waals surface area contributed by atoms with Gasteiger partial charge in [-0.05, 0) is 31.2 Å². The van der Waals surface area contributed by atoms with Crippen molar-refractivity contribution >= 4 is 28.4 Å². The Labute approximate surface area is 162 Å². The van der Waals surface area contributed by atoms with Gasteiger partial charge in [-0.2, -0.15) is 5.26 Å². The normalized spacial score (nSPS) is 16.9. The van der Waals surface area contributed by atoms with Crippen LogP contribution < -0.4 is 4.90 Å². The largest absolute Gasteiger partial charge is 0.325 e. The summed E-state index contributed by atoms with van der Waals surface area (Å²) in [6.07, 6.45) is 1.55. The number of nitrogens with zero attached hydrogens (tertiary/aromatic N) is 4. The predicted molar refractivity (Wildman–Crippen MR) is 106 cm³/mol. The SMILES string of the molecule is C[C@H]1CN(c2ccccc2C#N)C(=O)CN1C(=O)c1cnc2ccccc2c1. The fourth-order valence-corrected chi connectivity index (χ4v) is 3.51. The minimum Gasteiger partial charge on any atom is -0.325 e.